The van der Waals surface area contributed by atoms with Crippen LogP contribution in [-0.2, 0) is 0 Å². The number of thioether (sulfide) groups is 1. The van der Waals surface area contributed by atoms with Gasteiger partial charge in [0.05, 0.1) is 12.3 Å². The highest BCUT2D eigenvalue weighted by Gasteiger charge is 2.19. The summed E-state index contributed by atoms with van der Waals surface area (Å²) in [5.74, 6) is 2.55. The van der Waals surface area contributed by atoms with Crippen molar-refractivity contribution < 1.29 is 9.50 Å². The van der Waals surface area contributed by atoms with Gasteiger partial charge in [-0.15, -0.1) is 0 Å². The standard InChI is InChI=1S/C12H16FNOS/c13-11-6-10(7-14-8-11)12(15)5-9-1-3-16-4-2-9/h6-9,12,15H,1-5H2. The van der Waals surface area contributed by atoms with Crippen LogP contribution in [0.2, 0.25) is 0 Å². The Morgan fingerprint density at radius 1 is 1.44 bits per heavy atom. The Labute approximate surface area is 99.3 Å². The summed E-state index contributed by atoms with van der Waals surface area (Å²) in [5, 5.41) is 9.98. The number of rotatable bonds is 3. The van der Waals surface area contributed by atoms with Gasteiger partial charge in [-0.3, -0.25) is 4.98 Å². The molecule has 88 valence electrons. The topological polar surface area (TPSA) is 33.1 Å². The van der Waals surface area contributed by atoms with Crippen molar-refractivity contribution in [2.24, 2.45) is 5.92 Å². The third-order valence-electron chi connectivity index (χ3n) is 3.01. The van der Waals surface area contributed by atoms with Crippen molar-refractivity contribution >= 4 is 11.8 Å². The van der Waals surface area contributed by atoms with E-state index in [9.17, 15) is 9.50 Å². The molecule has 4 heteroatoms. The van der Waals surface area contributed by atoms with E-state index in [1.807, 2.05) is 11.8 Å². The molecule has 1 saturated heterocycles. The molecule has 0 saturated carbocycles. The first kappa shape index (κ1) is 11.9. The second-order valence-corrected chi connectivity index (χ2v) is 5.47. The predicted molar refractivity (Wildman–Crippen MR) is 63.8 cm³/mol. The van der Waals surface area contributed by atoms with Crippen LogP contribution in [0.4, 0.5) is 4.39 Å². The number of nitrogens with zero attached hydrogens (tertiary/aromatic N) is 1. The molecule has 1 fully saturated rings. The number of aromatic nitrogens is 1. The lowest BCUT2D eigenvalue weighted by Gasteiger charge is -2.23. The molecule has 0 aliphatic carbocycles. The van der Waals surface area contributed by atoms with Crippen LogP contribution in [0, 0.1) is 11.7 Å². The Balaban J connectivity index is 1.94. The van der Waals surface area contributed by atoms with Crippen molar-refractivity contribution in [3.05, 3.63) is 29.8 Å². The molecule has 1 atom stereocenters. The van der Waals surface area contributed by atoms with Gasteiger partial charge in [-0.05, 0) is 42.8 Å². The van der Waals surface area contributed by atoms with Gasteiger partial charge in [-0.25, -0.2) is 4.39 Å². The molecule has 2 heterocycles. The van der Waals surface area contributed by atoms with Crippen LogP contribution in [0.25, 0.3) is 0 Å². The normalized spacial score (nSPS) is 19.6. The van der Waals surface area contributed by atoms with E-state index in [0.29, 0.717) is 11.5 Å². The summed E-state index contributed by atoms with van der Waals surface area (Å²) < 4.78 is 12.9. The van der Waals surface area contributed by atoms with Gasteiger partial charge in [0.2, 0.25) is 0 Å². The fourth-order valence-corrected chi connectivity index (χ4v) is 3.25. The quantitative estimate of drug-likeness (QED) is 0.883. The van der Waals surface area contributed by atoms with Gasteiger partial charge in [0.1, 0.15) is 5.82 Å². The maximum atomic E-state index is 12.9. The van der Waals surface area contributed by atoms with E-state index in [1.54, 1.807) is 6.20 Å². The Bertz CT molecular complexity index is 342. The molecule has 1 aromatic heterocycles. The van der Waals surface area contributed by atoms with Crippen molar-refractivity contribution in [3.63, 3.8) is 0 Å². The number of aliphatic hydroxyl groups is 1. The minimum Gasteiger partial charge on any atom is -0.388 e. The van der Waals surface area contributed by atoms with Gasteiger partial charge >= 0.3 is 0 Å². The van der Waals surface area contributed by atoms with Crippen LogP contribution in [0.5, 0.6) is 0 Å². The maximum Gasteiger partial charge on any atom is 0.141 e. The Hall–Kier alpha value is -0.610. The zero-order chi connectivity index (χ0) is 11.4. The maximum absolute atomic E-state index is 12.9. The largest absolute Gasteiger partial charge is 0.388 e. The third kappa shape index (κ3) is 3.19. The number of halogens is 1. The summed E-state index contributed by atoms with van der Waals surface area (Å²) in [6.45, 7) is 0. The summed E-state index contributed by atoms with van der Waals surface area (Å²) in [6.07, 6.45) is 5.18. The second-order valence-electron chi connectivity index (χ2n) is 4.24. The molecule has 0 spiro atoms. The monoisotopic (exact) mass is 241 g/mol. The van der Waals surface area contributed by atoms with Crippen molar-refractivity contribution in [2.45, 2.75) is 25.4 Å². The lowest BCUT2D eigenvalue weighted by Crippen LogP contribution is -2.13. The van der Waals surface area contributed by atoms with E-state index in [2.05, 4.69) is 4.98 Å². The van der Waals surface area contributed by atoms with Crippen molar-refractivity contribution in [2.75, 3.05) is 11.5 Å². The van der Waals surface area contributed by atoms with Crippen LogP contribution in [-0.4, -0.2) is 21.6 Å². The van der Waals surface area contributed by atoms with E-state index in [1.165, 1.54) is 17.6 Å². The van der Waals surface area contributed by atoms with Crippen LogP contribution in [0.15, 0.2) is 18.5 Å². The molecule has 2 rings (SSSR count). The van der Waals surface area contributed by atoms with E-state index in [4.69, 9.17) is 0 Å². The lowest BCUT2D eigenvalue weighted by molar-refractivity contribution is 0.140. The highest BCUT2D eigenvalue weighted by Crippen LogP contribution is 2.30. The summed E-state index contributed by atoms with van der Waals surface area (Å²) >= 11 is 1.97. The highest BCUT2D eigenvalue weighted by molar-refractivity contribution is 7.99. The average Bonchev–Trinajstić information content (AvgIpc) is 2.30. The molecule has 1 N–H and O–H groups in total. The average molecular weight is 241 g/mol. The molecule has 0 radical (unpaired) electrons. The van der Waals surface area contributed by atoms with E-state index < -0.39 is 6.10 Å². The van der Waals surface area contributed by atoms with E-state index in [-0.39, 0.29) is 5.82 Å². The number of aliphatic hydroxyl groups excluding tert-OH is 1. The Kier molecular flexibility index (Phi) is 4.18. The summed E-state index contributed by atoms with van der Waals surface area (Å²) in [5.41, 5.74) is 0.596. The van der Waals surface area contributed by atoms with Gasteiger partial charge in [0, 0.05) is 11.8 Å². The van der Waals surface area contributed by atoms with Gasteiger partial charge < -0.3 is 5.11 Å². The summed E-state index contributed by atoms with van der Waals surface area (Å²) in [4.78, 5) is 3.76. The molecular weight excluding hydrogens is 225 g/mol. The lowest BCUT2D eigenvalue weighted by atomic mass is 9.93. The summed E-state index contributed by atoms with van der Waals surface area (Å²) in [6, 6.07) is 1.37. The number of pyridine rings is 1. The molecule has 2 nitrogen and oxygen atoms in total. The zero-order valence-electron chi connectivity index (χ0n) is 9.10. The molecule has 16 heavy (non-hydrogen) atoms. The van der Waals surface area contributed by atoms with Gasteiger partial charge in [-0.2, -0.15) is 11.8 Å². The Morgan fingerprint density at radius 2 is 2.19 bits per heavy atom. The number of hydrogen-bond acceptors (Lipinski definition) is 3. The Morgan fingerprint density at radius 3 is 2.88 bits per heavy atom. The molecule has 0 aromatic carbocycles. The van der Waals surface area contributed by atoms with Gasteiger partial charge in [0.15, 0.2) is 0 Å². The molecular formula is C12H16FNOS. The first-order valence-electron chi connectivity index (χ1n) is 5.62. The second kappa shape index (κ2) is 5.64. The molecule has 0 amide bonds. The molecule has 1 unspecified atom stereocenters. The van der Waals surface area contributed by atoms with Crippen molar-refractivity contribution in [3.8, 4) is 0 Å². The first-order valence-corrected chi connectivity index (χ1v) is 6.77. The van der Waals surface area contributed by atoms with Crippen LogP contribution >= 0.6 is 11.8 Å². The van der Waals surface area contributed by atoms with E-state index in [0.717, 1.165) is 25.5 Å². The fourth-order valence-electron chi connectivity index (χ4n) is 2.04. The van der Waals surface area contributed by atoms with Crippen molar-refractivity contribution in [1.29, 1.82) is 0 Å². The molecule has 0 bridgehead atoms. The third-order valence-corrected chi connectivity index (χ3v) is 4.06. The molecule has 1 aliphatic heterocycles. The molecule has 1 aliphatic rings. The SMILES string of the molecule is OC(CC1CCSCC1)c1cncc(F)c1. The molecule has 1 aromatic rings. The minimum absolute atomic E-state index is 0.379. The minimum atomic E-state index is -0.573. The van der Waals surface area contributed by atoms with Gasteiger partial charge in [0.25, 0.3) is 0 Å². The van der Waals surface area contributed by atoms with Gasteiger partial charge in [-0.1, -0.05) is 0 Å². The first-order chi connectivity index (χ1) is 7.75. The smallest absolute Gasteiger partial charge is 0.141 e. The highest BCUT2D eigenvalue weighted by atomic mass is 32.2. The summed E-state index contributed by atoms with van der Waals surface area (Å²) in [7, 11) is 0. The predicted octanol–water partition coefficient (Wildman–Crippen LogP) is 2.79. The van der Waals surface area contributed by atoms with Crippen LogP contribution in [0.1, 0.15) is 30.9 Å². The van der Waals surface area contributed by atoms with Crippen LogP contribution < -0.4 is 0 Å². The fraction of sp³-hybridized carbons (Fsp3) is 0.583. The van der Waals surface area contributed by atoms with Crippen LogP contribution in [0.3, 0.4) is 0 Å². The zero-order valence-corrected chi connectivity index (χ0v) is 9.92. The number of hydrogen-bond donors (Lipinski definition) is 1. The van der Waals surface area contributed by atoms with Crippen molar-refractivity contribution in [1.82, 2.24) is 4.98 Å². The van der Waals surface area contributed by atoms with E-state index >= 15 is 0 Å².